The highest BCUT2D eigenvalue weighted by Crippen LogP contribution is 2.37. The number of nitro groups is 1. The molecule has 0 bridgehead atoms. The number of nitrogens with two attached hydrogens (primary N) is 1. The number of hydrogen-bond acceptors (Lipinski definition) is 4. The maximum atomic E-state index is 11.3. The van der Waals surface area contributed by atoms with Crippen molar-refractivity contribution in [2.24, 2.45) is 5.73 Å². The summed E-state index contributed by atoms with van der Waals surface area (Å²) in [6, 6.07) is 10.7. The van der Waals surface area contributed by atoms with E-state index in [-0.39, 0.29) is 10.6 Å². The molecule has 0 spiro atoms. The number of rotatable bonds is 5. The van der Waals surface area contributed by atoms with Crippen LogP contribution in [0.4, 0.5) is 5.69 Å². The summed E-state index contributed by atoms with van der Waals surface area (Å²) in [5.74, 6) is 0.615. The van der Waals surface area contributed by atoms with Gasteiger partial charge in [-0.2, -0.15) is 0 Å². The van der Waals surface area contributed by atoms with Gasteiger partial charge >= 0.3 is 0 Å². The van der Waals surface area contributed by atoms with Crippen molar-refractivity contribution in [3.8, 4) is 16.9 Å². The second kappa shape index (κ2) is 6.37. The van der Waals surface area contributed by atoms with Crippen LogP contribution >= 0.6 is 0 Å². The monoisotopic (exact) mass is 286 g/mol. The molecule has 0 heterocycles. The molecule has 2 aromatic rings. The molecule has 5 nitrogen and oxygen atoms in total. The van der Waals surface area contributed by atoms with Gasteiger partial charge in [-0.1, -0.05) is 17.7 Å². The first-order chi connectivity index (χ1) is 10.1. The molecular weight excluding hydrogens is 268 g/mol. The smallest absolute Gasteiger partial charge is 0.277 e. The Balaban J connectivity index is 2.66. The van der Waals surface area contributed by atoms with E-state index in [1.807, 2.05) is 31.2 Å². The van der Waals surface area contributed by atoms with Crippen LogP contribution in [-0.2, 0) is 6.42 Å². The van der Waals surface area contributed by atoms with Gasteiger partial charge in [0.05, 0.1) is 17.6 Å². The van der Waals surface area contributed by atoms with Crippen LogP contribution < -0.4 is 10.5 Å². The minimum Gasteiger partial charge on any atom is -0.496 e. The van der Waals surface area contributed by atoms with E-state index in [9.17, 15) is 10.1 Å². The molecule has 0 amide bonds. The zero-order valence-corrected chi connectivity index (χ0v) is 12.1. The quantitative estimate of drug-likeness (QED) is 0.676. The molecule has 0 saturated carbocycles. The topological polar surface area (TPSA) is 78.4 Å². The van der Waals surface area contributed by atoms with Gasteiger partial charge in [-0.3, -0.25) is 10.1 Å². The molecule has 0 fully saturated rings. The highest BCUT2D eigenvalue weighted by atomic mass is 16.6. The predicted molar refractivity (Wildman–Crippen MR) is 82.6 cm³/mol. The molecule has 0 aliphatic carbocycles. The number of hydrogen-bond donors (Lipinski definition) is 1. The molecule has 0 unspecified atom stereocenters. The standard InChI is InChI=1S/C16H18N2O3/c1-11-3-5-15(18(19)20)13(9-11)14-10-12(7-8-17)4-6-16(14)21-2/h3-6,9-10H,7-8,17H2,1-2H3. The molecular formula is C16H18N2O3. The van der Waals surface area contributed by atoms with Crippen LogP contribution in [0.5, 0.6) is 5.75 Å². The molecule has 2 N–H and O–H groups in total. The van der Waals surface area contributed by atoms with Gasteiger partial charge < -0.3 is 10.5 Å². The molecule has 21 heavy (non-hydrogen) atoms. The van der Waals surface area contributed by atoms with E-state index in [0.717, 1.165) is 23.1 Å². The van der Waals surface area contributed by atoms with Gasteiger partial charge in [0.1, 0.15) is 5.75 Å². The Labute approximate surface area is 123 Å². The summed E-state index contributed by atoms with van der Waals surface area (Å²) in [5.41, 5.74) is 8.93. The molecule has 0 atom stereocenters. The van der Waals surface area contributed by atoms with Crippen LogP contribution in [0.3, 0.4) is 0 Å². The molecule has 0 saturated heterocycles. The van der Waals surface area contributed by atoms with Crippen molar-refractivity contribution in [2.45, 2.75) is 13.3 Å². The Morgan fingerprint density at radius 2 is 1.95 bits per heavy atom. The van der Waals surface area contributed by atoms with Crippen molar-refractivity contribution < 1.29 is 9.66 Å². The second-order valence-corrected chi connectivity index (χ2v) is 4.85. The van der Waals surface area contributed by atoms with Crippen molar-refractivity contribution in [3.05, 3.63) is 57.6 Å². The van der Waals surface area contributed by atoms with Crippen molar-refractivity contribution in [1.82, 2.24) is 0 Å². The highest BCUT2D eigenvalue weighted by Gasteiger charge is 2.18. The van der Waals surface area contributed by atoms with Gasteiger partial charge in [-0.15, -0.1) is 0 Å². The summed E-state index contributed by atoms with van der Waals surface area (Å²) < 4.78 is 5.35. The Hall–Kier alpha value is -2.40. The van der Waals surface area contributed by atoms with Crippen LogP contribution in [0.15, 0.2) is 36.4 Å². The van der Waals surface area contributed by atoms with Gasteiger partial charge in [0.25, 0.3) is 5.69 Å². The summed E-state index contributed by atoms with van der Waals surface area (Å²) in [7, 11) is 1.56. The van der Waals surface area contributed by atoms with Gasteiger partial charge in [-0.25, -0.2) is 0 Å². The van der Waals surface area contributed by atoms with Gasteiger partial charge in [0.2, 0.25) is 0 Å². The lowest BCUT2D eigenvalue weighted by molar-refractivity contribution is -0.384. The van der Waals surface area contributed by atoms with Crippen LogP contribution in [0.25, 0.3) is 11.1 Å². The lowest BCUT2D eigenvalue weighted by Gasteiger charge is -2.12. The molecule has 0 aromatic heterocycles. The van der Waals surface area contributed by atoms with Crippen LogP contribution in [-0.4, -0.2) is 18.6 Å². The largest absolute Gasteiger partial charge is 0.496 e. The number of methoxy groups -OCH3 is 1. The first-order valence-electron chi connectivity index (χ1n) is 6.69. The first-order valence-corrected chi connectivity index (χ1v) is 6.69. The number of nitrogens with zero attached hydrogens (tertiary/aromatic N) is 1. The predicted octanol–water partition coefficient (Wildman–Crippen LogP) is 3.08. The maximum Gasteiger partial charge on any atom is 0.277 e. The lowest BCUT2D eigenvalue weighted by Crippen LogP contribution is -2.03. The normalized spacial score (nSPS) is 10.4. The Morgan fingerprint density at radius 3 is 2.57 bits per heavy atom. The fraction of sp³-hybridized carbons (Fsp3) is 0.250. The average Bonchev–Trinajstić information content (AvgIpc) is 2.47. The third-order valence-electron chi connectivity index (χ3n) is 3.34. The van der Waals surface area contributed by atoms with E-state index >= 15 is 0 Å². The van der Waals surface area contributed by atoms with Crippen LogP contribution in [0, 0.1) is 17.0 Å². The van der Waals surface area contributed by atoms with E-state index in [1.54, 1.807) is 13.2 Å². The number of aryl methyl sites for hydroxylation is 1. The van der Waals surface area contributed by atoms with Crippen LogP contribution in [0.2, 0.25) is 0 Å². The van der Waals surface area contributed by atoms with E-state index in [0.29, 0.717) is 17.9 Å². The zero-order valence-electron chi connectivity index (χ0n) is 12.1. The van der Waals surface area contributed by atoms with Crippen molar-refractivity contribution in [2.75, 3.05) is 13.7 Å². The maximum absolute atomic E-state index is 11.3. The Morgan fingerprint density at radius 1 is 1.19 bits per heavy atom. The molecule has 2 aromatic carbocycles. The summed E-state index contributed by atoms with van der Waals surface area (Å²) >= 11 is 0. The minimum atomic E-state index is -0.371. The summed E-state index contributed by atoms with van der Waals surface area (Å²) in [4.78, 5) is 10.9. The van der Waals surface area contributed by atoms with Crippen molar-refractivity contribution in [1.29, 1.82) is 0 Å². The van der Waals surface area contributed by atoms with Gasteiger partial charge in [0.15, 0.2) is 0 Å². The summed E-state index contributed by atoms with van der Waals surface area (Å²) in [6.45, 7) is 2.44. The fourth-order valence-corrected chi connectivity index (χ4v) is 2.31. The number of benzene rings is 2. The molecule has 110 valence electrons. The number of nitro benzene ring substituents is 1. The van der Waals surface area contributed by atoms with Crippen molar-refractivity contribution in [3.63, 3.8) is 0 Å². The molecule has 0 aliphatic heterocycles. The fourth-order valence-electron chi connectivity index (χ4n) is 2.31. The Bertz CT molecular complexity index is 669. The lowest BCUT2D eigenvalue weighted by atomic mass is 9.97. The van der Waals surface area contributed by atoms with E-state index in [1.165, 1.54) is 6.07 Å². The number of ether oxygens (including phenoxy) is 1. The zero-order chi connectivity index (χ0) is 15.4. The van der Waals surface area contributed by atoms with Gasteiger partial charge in [0, 0.05) is 11.6 Å². The first kappa shape index (κ1) is 15.0. The summed E-state index contributed by atoms with van der Waals surface area (Å²) in [6.07, 6.45) is 0.719. The average molecular weight is 286 g/mol. The van der Waals surface area contributed by atoms with Crippen molar-refractivity contribution >= 4 is 5.69 Å². The van der Waals surface area contributed by atoms with Gasteiger partial charge in [-0.05, 0) is 43.7 Å². The van der Waals surface area contributed by atoms with E-state index in [4.69, 9.17) is 10.5 Å². The molecule has 5 heteroatoms. The third kappa shape index (κ3) is 3.20. The second-order valence-electron chi connectivity index (χ2n) is 4.85. The summed E-state index contributed by atoms with van der Waals surface area (Å²) in [5, 5.41) is 11.3. The van der Waals surface area contributed by atoms with Crippen LogP contribution in [0.1, 0.15) is 11.1 Å². The SMILES string of the molecule is COc1ccc(CCN)cc1-c1cc(C)ccc1[N+](=O)[O-]. The molecule has 0 aliphatic rings. The molecule has 2 rings (SSSR count). The Kier molecular flexibility index (Phi) is 4.55. The third-order valence-corrected chi connectivity index (χ3v) is 3.34. The van der Waals surface area contributed by atoms with E-state index in [2.05, 4.69) is 0 Å². The molecule has 0 radical (unpaired) electrons. The van der Waals surface area contributed by atoms with E-state index < -0.39 is 0 Å². The highest BCUT2D eigenvalue weighted by molar-refractivity contribution is 5.79. The minimum absolute atomic E-state index is 0.0730.